The Hall–Kier alpha value is -1.32. The third-order valence-electron chi connectivity index (χ3n) is 2.70. The van der Waals surface area contributed by atoms with Gasteiger partial charge in [0.25, 0.3) is 0 Å². The minimum Gasteiger partial charge on any atom is -0.299 e. The molecule has 0 amide bonds. The predicted octanol–water partition coefficient (Wildman–Crippen LogP) is 4.03. The molecule has 0 fully saturated rings. The van der Waals surface area contributed by atoms with E-state index in [0.29, 0.717) is 5.56 Å². The minimum atomic E-state index is -4.33. The van der Waals surface area contributed by atoms with Gasteiger partial charge in [-0.2, -0.15) is 13.2 Å². The lowest BCUT2D eigenvalue weighted by Crippen LogP contribution is -2.15. The second-order valence-corrected chi connectivity index (χ2v) is 4.45. The summed E-state index contributed by atoms with van der Waals surface area (Å²) in [6.45, 7) is 5.22. The average molecular weight is 244 g/mol. The Morgan fingerprint density at radius 2 is 1.59 bits per heavy atom. The Morgan fingerprint density at radius 3 is 1.88 bits per heavy atom. The smallest absolute Gasteiger partial charge is 0.299 e. The molecule has 1 atom stereocenters. The summed E-state index contributed by atoms with van der Waals surface area (Å²) >= 11 is 0. The molecule has 0 aliphatic rings. The van der Waals surface area contributed by atoms with Crippen molar-refractivity contribution in [2.45, 2.75) is 32.9 Å². The zero-order valence-electron chi connectivity index (χ0n) is 10.0. The molecule has 0 saturated heterocycles. The van der Waals surface area contributed by atoms with Crippen molar-refractivity contribution in [2.75, 3.05) is 0 Å². The van der Waals surface area contributed by atoms with Crippen LogP contribution in [0, 0.1) is 5.92 Å². The molecule has 0 N–H and O–H groups in total. The maximum absolute atomic E-state index is 12.4. The summed E-state index contributed by atoms with van der Waals surface area (Å²) in [4.78, 5) is 11.4. The van der Waals surface area contributed by atoms with E-state index in [2.05, 4.69) is 0 Å². The summed E-state index contributed by atoms with van der Waals surface area (Å²) in [5.41, 5.74) is -0.0483. The molecule has 0 heterocycles. The summed E-state index contributed by atoms with van der Waals surface area (Å²) < 4.78 is 37.1. The van der Waals surface area contributed by atoms with Gasteiger partial charge in [0.15, 0.2) is 0 Å². The quantitative estimate of drug-likeness (QED) is 0.784. The van der Waals surface area contributed by atoms with Crippen molar-refractivity contribution < 1.29 is 18.0 Å². The average Bonchev–Trinajstić information content (AvgIpc) is 2.15. The number of ketones is 1. The second-order valence-electron chi connectivity index (χ2n) is 4.45. The van der Waals surface area contributed by atoms with Crippen LogP contribution in [0.3, 0.4) is 0 Å². The zero-order valence-corrected chi connectivity index (χ0v) is 10.0. The van der Waals surface area contributed by atoms with E-state index in [-0.39, 0.29) is 17.6 Å². The third kappa shape index (κ3) is 3.32. The molecule has 1 unspecified atom stereocenters. The van der Waals surface area contributed by atoms with E-state index in [9.17, 15) is 18.0 Å². The standard InChI is InChI=1S/C13H15F3O/c1-8(2)12(9(3)17)10-4-6-11(7-5-10)13(14,15)16/h4-8,12H,1-3H3. The SMILES string of the molecule is CC(=O)C(c1ccc(C(F)(F)F)cc1)C(C)C. The fourth-order valence-corrected chi connectivity index (χ4v) is 1.97. The van der Waals surface area contributed by atoms with Crippen molar-refractivity contribution in [3.63, 3.8) is 0 Å². The van der Waals surface area contributed by atoms with E-state index < -0.39 is 11.7 Å². The Kier molecular flexibility index (Phi) is 3.96. The van der Waals surface area contributed by atoms with Gasteiger partial charge in [-0.3, -0.25) is 4.79 Å². The van der Waals surface area contributed by atoms with Crippen LogP contribution in [0.25, 0.3) is 0 Å². The van der Waals surface area contributed by atoms with E-state index in [4.69, 9.17) is 0 Å². The maximum atomic E-state index is 12.4. The summed E-state index contributed by atoms with van der Waals surface area (Å²) in [7, 11) is 0. The molecular formula is C13H15F3O. The van der Waals surface area contributed by atoms with Crippen LogP contribution >= 0.6 is 0 Å². The van der Waals surface area contributed by atoms with Gasteiger partial charge in [0.2, 0.25) is 0 Å². The molecule has 0 radical (unpaired) electrons. The Labute approximate surface area is 98.6 Å². The minimum absolute atomic E-state index is 0.0280. The van der Waals surface area contributed by atoms with Crippen LogP contribution in [-0.4, -0.2) is 5.78 Å². The third-order valence-corrected chi connectivity index (χ3v) is 2.70. The molecule has 0 aromatic heterocycles. The van der Waals surface area contributed by atoms with Gasteiger partial charge in [0, 0.05) is 5.92 Å². The molecule has 1 rings (SSSR count). The van der Waals surface area contributed by atoms with Gasteiger partial charge in [-0.05, 0) is 30.5 Å². The highest BCUT2D eigenvalue weighted by Crippen LogP contribution is 2.31. The molecule has 0 spiro atoms. The van der Waals surface area contributed by atoms with Crippen molar-refractivity contribution in [1.29, 1.82) is 0 Å². The van der Waals surface area contributed by atoms with Gasteiger partial charge in [-0.1, -0.05) is 26.0 Å². The summed E-state index contributed by atoms with van der Waals surface area (Å²) in [5.74, 6) is -0.290. The molecular weight excluding hydrogens is 229 g/mol. The van der Waals surface area contributed by atoms with E-state index in [1.165, 1.54) is 19.1 Å². The van der Waals surface area contributed by atoms with Crippen molar-refractivity contribution in [2.24, 2.45) is 5.92 Å². The first-order valence-corrected chi connectivity index (χ1v) is 5.41. The zero-order chi connectivity index (χ0) is 13.2. The number of hydrogen-bond donors (Lipinski definition) is 0. The van der Waals surface area contributed by atoms with Crippen molar-refractivity contribution >= 4 is 5.78 Å². The van der Waals surface area contributed by atoms with Crippen LogP contribution in [0.4, 0.5) is 13.2 Å². The highest BCUT2D eigenvalue weighted by molar-refractivity contribution is 5.83. The maximum Gasteiger partial charge on any atom is 0.416 e. The number of carbonyl (C=O) groups excluding carboxylic acids is 1. The number of carbonyl (C=O) groups is 1. The van der Waals surface area contributed by atoms with Gasteiger partial charge < -0.3 is 0 Å². The van der Waals surface area contributed by atoms with Crippen molar-refractivity contribution in [3.05, 3.63) is 35.4 Å². The number of rotatable bonds is 3. The van der Waals surface area contributed by atoms with Crippen molar-refractivity contribution in [3.8, 4) is 0 Å². The number of alkyl halides is 3. The summed E-state index contributed by atoms with van der Waals surface area (Å²) in [6, 6.07) is 4.81. The molecule has 1 nitrogen and oxygen atoms in total. The van der Waals surface area contributed by atoms with Crippen LogP contribution in [-0.2, 0) is 11.0 Å². The van der Waals surface area contributed by atoms with E-state index in [1.54, 1.807) is 0 Å². The Bertz CT molecular complexity index is 390. The molecule has 1 aromatic rings. The van der Waals surface area contributed by atoms with Crippen molar-refractivity contribution in [1.82, 2.24) is 0 Å². The number of benzene rings is 1. The Morgan fingerprint density at radius 1 is 1.12 bits per heavy atom. The first kappa shape index (κ1) is 13.7. The topological polar surface area (TPSA) is 17.1 Å². The van der Waals surface area contributed by atoms with Gasteiger partial charge in [-0.25, -0.2) is 0 Å². The lowest BCUT2D eigenvalue weighted by molar-refractivity contribution is -0.137. The van der Waals surface area contributed by atoms with Crippen LogP contribution in [0.5, 0.6) is 0 Å². The lowest BCUT2D eigenvalue weighted by Gasteiger charge is -2.18. The molecule has 0 saturated carbocycles. The Balaban J connectivity index is 3.05. The monoisotopic (exact) mass is 244 g/mol. The van der Waals surface area contributed by atoms with E-state index in [1.807, 2.05) is 13.8 Å². The molecule has 0 aliphatic heterocycles. The predicted molar refractivity (Wildman–Crippen MR) is 59.7 cm³/mol. The fourth-order valence-electron chi connectivity index (χ4n) is 1.97. The molecule has 0 bridgehead atoms. The largest absolute Gasteiger partial charge is 0.416 e. The number of hydrogen-bond acceptors (Lipinski definition) is 1. The molecule has 4 heteroatoms. The number of Topliss-reactive ketones (excluding diaryl/α,β-unsaturated/α-hetero) is 1. The molecule has 17 heavy (non-hydrogen) atoms. The second kappa shape index (κ2) is 4.90. The fraction of sp³-hybridized carbons (Fsp3) is 0.462. The normalized spacial score (nSPS) is 13.8. The van der Waals surface area contributed by atoms with E-state index >= 15 is 0 Å². The van der Waals surface area contributed by atoms with Gasteiger partial charge in [-0.15, -0.1) is 0 Å². The first-order valence-electron chi connectivity index (χ1n) is 5.41. The van der Waals surface area contributed by atoms with Gasteiger partial charge in [0.1, 0.15) is 5.78 Å². The highest BCUT2D eigenvalue weighted by atomic mass is 19.4. The number of halogens is 3. The molecule has 0 aliphatic carbocycles. The lowest BCUT2D eigenvalue weighted by atomic mass is 9.85. The summed E-state index contributed by atoms with van der Waals surface area (Å²) in [6.07, 6.45) is -4.33. The summed E-state index contributed by atoms with van der Waals surface area (Å²) in [5, 5.41) is 0. The van der Waals surface area contributed by atoms with Crippen LogP contribution in [0.15, 0.2) is 24.3 Å². The van der Waals surface area contributed by atoms with Crippen LogP contribution < -0.4 is 0 Å². The molecule has 94 valence electrons. The van der Waals surface area contributed by atoms with Crippen LogP contribution in [0.2, 0.25) is 0 Å². The van der Waals surface area contributed by atoms with Gasteiger partial charge >= 0.3 is 6.18 Å². The highest BCUT2D eigenvalue weighted by Gasteiger charge is 2.30. The molecule has 1 aromatic carbocycles. The van der Waals surface area contributed by atoms with Crippen LogP contribution in [0.1, 0.15) is 37.8 Å². The first-order chi connectivity index (χ1) is 7.73. The van der Waals surface area contributed by atoms with Gasteiger partial charge in [0.05, 0.1) is 5.56 Å². The van der Waals surface area contributed by atoms with E-state index in [0.717, 1.165) is 12.1 Å².